The Hall–Kier alpha value is -1.10. The van der Waals surface area contributed by atoms with Gasteiger partial charge in [-0.3, -0.25) is 14.5 Å². The van der Waals surface area contributed by atoms with Gasteiger partial charge in [0.25, 0.3) is 0 Å². The van der Waals surface area contributed by atoms with Gasteiger partial charge in [0.15, 0.2) is 0 Å². The van der Waals surface area contributed by atoms with Crippen molar-refractivity contribution in [2.24, 2.45) is 0 Å². The molecule has 0 aromatic carbocycles. The van der Waals surface area contributed by atoms with E-state index in [2.05, 4.69) is 5.32 Å². The Kier molecular flexibility index (Phi) is 6.12. The minimum atomic E-state index is -0.0655. The van der Waals surface area contributed by atoms with E-state index >= 15 is 0 Å². The molecule has 1 aliphatic heterocycles. The van der Waals surface area contributed by atoms with Crippen LogP contribution >= 0.6 is 0 Å². The summed E-state index contributed by atoms with van der Waals surface area (Å²) in [7, 11) is 1.96. The third-order valence-electron chi connectivity index (χ3n) is 3.57. The van der Waals surface area contributed by atoms with Crippen molar-refractivity contribution in [3.05, 3.63) is 0 Å². The van der Waals surface area contributed by atoms with Gasteiger partial charge in [-0.05, 0) is 26.4 Å². The van der Waals surface area contributed by atoms with Crippen LogP contribution in [0.3, 0.4) is 0 Å². The zero-order chi connectivity index (χ0) is 13.5. The highest BCUT2D eigenvalue weighted by molar-refractivity contribution is 5.82. The molecule has 0 radical (unpaired) electrons. The molecule has 1 atom stereocenters. The van der Waals surface area contributed by atoms with Crippen molar-refractivity contribution in [2.75, 3.05) is 33.2 Å². The molecule has 1 fully saturated rings. The van der Waals surface area contributed by atoms with E-state index in [0.717, 1.165) is 25.9 Å². The predicted molar refractivity (Wildman–Crippen MR) is 71.2 cm³/mol. The van der Waals surface area contributed by atoms with Crippen molar-refractivity contribution in [2.45, 2.75) is 39.2 Å². The van der Waals surface area contributed by atoms with Gasteiger partial charge in [-0.15, -0.1) is 0 Å². The highest BCUT2D eigenvalue weighted by Gasteiger charge is 2.22. The lowest BCUT2D eigenvalue weighted by Crippen LogP contribution is -2.46. The number of carbonyl (C=O) groups is 2. The van der Waals surface area contributed by atoms with Crippen LogP contribution in [0.1, 0.15) is 33.1 Å². The van der Waals surface area contributed by atoms with Gasteiger partial charge < -0.3 is 10.2 Å². The Morgan fingerprint density at radius 2 is 2.22 bits per heavy atom. The van der Waals surface area contributed by atoms with Gasteiger partial charge >= 0.3 is 0 Å². The molecule has 104 valence electrons. The molecule has 0 aromatic rings. The van der Waals surface area contributed by atoms with Gasteiger partial charge in [0, 0.05) is 26.1 Å². The summed E-state index contributed by atoms with van der Waals surface area (Å²) in [6, 6.07) is -0.0655. The highest BCUT2D eigenvalue weighted by Crippen LogP contribution is 2.08. The number of hydrogen-bond donors (Lipinski definition) is 1. The van der Waals surface area contributed by atoms with Crippen LogP contribution in [0.15, 0.2) is 0 Å². The first-order chi connectivity index (χ1) is 8.60. The Labute approximate surface area is 110 Å². The zero-order valence-corrected chi connectivity index (χ0v) is 11.7. The standard InChI is InChI=1S/C13H25N3O2/c1-4-11(15(3)5-2)13(18)14-8-10-16-9-6-7-12(16)17/h11H,4-10H2,1-3H3,(H,14,18). The highest BCUT2D eigenvalue weighted by atomic mass is 16.2. The lowest BCUT2D eigenvalue weighted by Gasteiger charge is -2.25. The molecule has 2 amide bonds. The van der Waals surface area contributed by atoms with Crippen LogP contribution in [-0.4, -0.2) is 60.9 Å². The molecule has 0 bridgehead atoms. The largest absolute Gasteiger partial charge is 0.353 e. The fraction of sp³-hybridized carbons (Fsp3) is 0.846. The van der Waals surface area contributed by atoms with Crippen molar-refractivity contribution in [1.82, 2.24) is 15.1 Å². The molecule has 0 aromatic heterocycles. The molecule has 18 heavy (non-hydrogen) atoms. The summed E-state index contributed by atoms with van der Waals surface area (Å²) in [6.07, 6.45) is 2.41. The van der Waals surface area contributed by atoms with E-state index in [9.17, 15) is 9.59 Å². The maximum Gasteiger partial charge on any atom is 0.237 e. The van der Waals surface area contributed by atoms with Gasteiger partial charge in [0.1, 0.15) is 0 Å². The number of carbonyl (C=O) groups excluding carboxylic acids is 2. The maximum absolute atomic E-state index is 12.0. The first-order valence-electron chi connectivity index (χ1n) is 6.85. The molecule has 5 nitrogen and oxygen atoms in total. The maximum atomic E-state index is 12.0. The third kappa shape index (κ3) is 3.98. The number of hydrogen-bond acceptors (Lipinski definition) is 3. The second kappa shape index (κ2) is 7.36. The Balaban J connectivity index is 2.29. The number of amides is 2. The van der Waals surface area contributed by atoms with Gasteiger partial charge in [-0.2, -0.15) is 0 Å². The van der Waals surface area contributed by atoms with Crippen molar-refractivity contribution in [3.8, 4) is 0 Å². The summed E-state index contributed by atoms with van der Waals surface area (Å²) in [5.74, 6) is 0.274. The Morgan fingerprint density at radius 1 is 1.50 bits per heavy atom. The molecule has 5 heteroatoms. The average molecular weight is 255 g/mol. The summed E-state index contributed by atoms with van der Waals surface area (Å²) in [4.78, 5) is 27.2. The molecule has 0 spiro atoms. The lowest BCUT2D eigenvalue weighted by molar-refractivity contribution is -0.129. The Bertz CT molecular complexity index is 294. The monoisotopic (exact) mass is 255 g/mol. The van der Waals surface area contributed by atoms with Crippen LogP contribution < -0.4 is 5.32 Å². The van der Waals surface area contributed by atoms with Crippen LogP contribution in [0.25, 0.3) is 0 Å². The fourth-order valence-electron chi connectivity index (χ4n) is 2.29. The smallest absolute Gasteiger partial charge is 0.237 e. The first-order valence-corrected chi connectivity index (χ1v) is 6.85. The molecule has 1 N–H and O–H groups in total. The molecular weight excluding hydrogens is 230 g/mol. The molecule has 1 rings (SSSR count). The summed E-state index contributed by atoms with van der Waals surface area (Å²) < 4.78 is 0. The van der Waals surface area contributed by atoms with Gasteiger partial charge in [0.2, 0.25) is 11.8 Å². The van der Waals surface area contributed by atoms with E-state index in [0.29, 0.717) is 19.5 Å². The number of nitrogens with one attached hydrogen (secondary N) is 1. The zero-order valence-electron chi connectivity index (χ0n) is 11.7. The summed E-state index contributed by atoms with van der Waals surface area (Å²) >= 11 is 0. The van der Waals surface area contributed by atoms with Crippen LogP contribution in [0.5, 0.6) is 0 Å². The van der Waals surface area contributed by atoms with Gasteiger partial charge in [-0.1, -0.05) is 13.8 Å². The van der Waals surface area contributed by atoms with E-state index in [4.69, 9.17) is 0 Å². The van der Waals surface area contributed by atoms with Crippen LogP contribution in [0, 0.1) is 0 Å². The average Bonchev–Trinajstić information content (AvgIpc) is 2.76. The number of rotatable bonds is 7. The topological polar surface area (TPSA) is 52.7 Å². The first kappa shape index (κ1) is 15.0. The number of likely N-dealkylation sites (tertiary alicyclic amines) is 1. The van der Waals surface area contributed by atoms with Gasteiger partial charge in [0.05, 0.1) is 6.04 Å². The number of nitrogens with zero attached hydrogens (tertiary/aromatic N) is 2. The third-order valence-corrected chi connectivity index (χ3v) is 3.57. The van der Waals surface area contributed by atoms with Crippen molar-refractivity contribution in [3.63, 3.8) is 0 Å². The minimum Gasteiger partial charge on any atom is -0.353 e. The lowest BCUT2D eigenvalue weighted by atomic mass is 10.2. The molecular formula is C13H25N3O2. The molecule has 0 saturated carbocycles. The quantitative estimate of drug-likeness (QED) is 0.719. The van der Waals surface area contributed by atoms with E-state index in [-0.39, 0.29) is 17.9 Å². The predicted octanol–water partition coefficient (Wildman–Crippen LogP) is 0.455. The molecule has 1 heterocycles. The summed E-state index contributed by atoms with van der Waals surface area (Å²) in [5.41, 5.74) is 0. The van der Waals surface area contributed by atoms with Crippen LogP contribution in [-0.2, 0) is 9.59 Å². The SMILES string of the molecule is CCC(C(=O)NCCN1CCCC1=O)N(C)CC. The van der Waals surface area contributed by atoms with E-state index in [1.165, 1.54) is 0 Å². The summed E-state index contributed by atoms with van der Waals surface area (Å²) in [5, 5.41) is 2.92. The Morgan fingerprint density at radius 3 is 2.72 bits per heavy atom. The van der Waals surface area contributed by atoms with E-state index < -0.39 is 0 Å². The van der Waals surface area contributed by atoms with E-state index in [1.807, 2.05) is 30.7 Å². The van der Waals surface area contributed by atoms with Crippen LogP contribution in [0.2, 0.25) is 0 Å². The second-order valence-electron chi connectivity index (χ2n) is 4.77. The molecule has 1 saturated heterocycles. The second-order valence-corrected chi connectivity index (χ2v) is 4.77. The normalized spacial score (nSPS) is 17.3. The molecule has 1 unspecified atom stereocenters. The summed E-state index contributed by atoms with van der Waals surface area (Å²) in [6.45, 7) is 6.94. The minimum absolute atomic E-state index is 0.0634. The van der Waals surface area contributed by atoms with Crippen molar-refractivity contribution < 1.29 is 9.59 Å². The van der Waals surface area contributed by atoms with Crippen molar-refractivity contribution >= 4 is 11.8 Å². The van der Waals surface area contributed by atoms with Gasteiger partial charge in [-0.25, -0.2) is 0 Å². The number of likely N-dealkylation sites (N-methyl/N-ethyl adjacent to an activating group) is 1. The fourth-order valence-corrected chi connectivity index (χ4v) is 2.29. The van der Waals surface area contributed by atoms with Crippen LogP contribution in [0.4, 0.5) is 0 Å². The molecule has 0 aliphatic carbocycles. The van der Waals surface area contributed by atoms with E-state index in [1.54, 1.807) is 0 Å². The molecule has 1 aliphatic rings. The van der Waals surface area contributed by atoms with Crippen molar-refractivity contribution in [1.29, 1.82) is 0 Å².